The van der Waals surface area contributed by atoms with Crippen LogP contribution in [0.1, 0.15) is 18.9 Å². The molecule has 0 saturated carbocycles. The maximum atomic E-state index is 8.79. The predicted molar refractivity (Wildman–Crippen MR) is 59.5 cm³/mol. The van der Waals surface area contributed by atoms with Gasteiger partial charge in [-0.25, -0.2) is 0 Å². The first-order valence-electron chi connectivity index (χ1n) is 4.59. The van der Waals surface area contributed by atoms with Gasteiger partial charge in [-0.05, 0) is 31.0 Å². The van der Waals surface area contributed by atoms with E-state index in [0.717, 1.165) is 17.7 Å². The normalized spacial score (nSPS) is 11.9. The van der Waals surface area contributed by atoms with Gasteiger partial charge in [-0.15, -0.1) is 0 Å². The molecule has 0 aliphatic carbocycles. The minimum atomic E-state index is -0.172. The number of nitrogens with one attached hydrogen (secondary N) is 1. The fourth-order valence-corrected chi connectivity index (χ4v) is 1.34. The quantitative estimate of drug-likeness (QED) is 0.827. The van der Waals surface area contributed by atoms with E-state index in [1.165, 1.54) is 0 Å². The van der Waals surface area contributed by atoms with E-state index in [1.54, 1.807) is 0 Å². The van der Waals surface area contributed by atoms with Crippen molar-refractivity contribution in [1.82, 2.24) is 0 Å². The Kier molecular flexibility index (Phi) is 3.79. The molecule has 1 rings (SSSR count). The number of aryl methyl sites for hydroxylation is 1. The fourth-order valence-electron chi connectivity index (χ4n) is 1.16. The maximum absolute atomic E-state index is 8.79. The van der Waals surface area contributed by atoms with Crippen molar-refractivity contribution in [2.45, 2.75) is 26.3 Å². The number of halogens is 1. The first-order chi connectivity index (χ1) is 6.67. The maximum Gasteiger partial charge on any atom is 0.114 e. The van der Waals surface area contributed by atoms with Crippen molar-refractivity contribution in [1.29, 1.82) is 5.26 Å². The lowest BCUT2D eigenvalue weighted by Gasteiger charge is -2.12. The smallest absolute Gasteiger partial charge is 0.114 e. The summed E-state index contributed by atoms with van der Waals surface area (Å²) in [7, 11) is 0. The van der Waals surface area contributed by atoms with Gasteiger partial charge in [-0.1, -0.05) is 24.6 Å². The monoisotopic (exact) mass is 208 g/mol. The molecule has 0 spiro atoms. The van der Waals surface area contributed by atoms with Gasteiger partial charge in [0.25, 0.3) is 0 Å². The summed E-state index contributed by atoms with van der Waals surface area (Å²) < 4.78 is 0. The standard InChI is InChI=1S/C11H13ClN2/c1-3-9(7-13)14-11-6-8(2)4-5-10(11)12/h4-6,9,14H,3H2,1-2H3. The van der Waals surface area contributed by atoms with E-state index < -0.39 is 0 Å². The molecule has 1 atom stereocenters. The molecule has 74 valence electrons. The van der Waals surface area contributed by atoms with Crippen molar-refractivity contribution >= 4 is 17.3 Å². The number of benzene rings is 1. The highest BCUT2D eigenvalue weighted by Crippen LogP contribution is 2.23. The van der Waals surface area contributed by atoms with Gasteiger partial charge in [-0.3, -0.25) is 0 Å². The van der Waals surface area contributed by atoms with E-state index in [0.29, 0.717) is 5.02 Å². The average Bonchev–Trinajstić information content (AvgIpc) is 2.19. The van der Waals surface area contributed by atoms with Crippen LogP contribution in [-0.4, -0.2) is 6.04 Å². The number of hydrogen-bond donors (Lipinski definition) is 1. The van der Waals surface area contributed by atoms with Crippen molar-refractivity contribution in [3.05, 3.63) is 28.8 Å². The first-order valence-corrected chi connectivity index (χ1v) is 4.97. The van der Waals surface area contributed by atoms with E-state index in [1.807, 2.05) is 32.0 Å². The number of nitriles is 1. The molecule has 2 nitrogen and oxygen atoms in total. The highest BCUT2D eigenvalue weighted by molar-refractivity contribution is 6.33. The van der Waals surface area contributed by atoms with Crippen LogP contribution in [0.5, 0.6) is 0 Å². The molecule has 0 aliphatic heterocycles. The topological polar surface area (TPSA) is 35.8 Å². The summed E-state index contributed by atoms with van der Waals surface area (Å²) in [6, 6.07) is 7.73. The van der Waals surface area contributed by atoms with Gasteiger partial charge in [-0.2, -0.15) is 5.26 Å². The number of hydrogen-bond acceptors (Lipinski definition) is 2. The lowest BCUT2D eigenvalue weighted by atomic mass is 10.2. The van der Waals surface area contributed by atoms with E-state index in [2.05, 4.69) is 11.4 Å². The van der Waals surface area contributed by atoms with Crippen LogP contribution in [0, 0.1) is 18.3 Å². The predicted octanol–water partition coefficient (Wildman–Crippen LogP) is 3.36. The molecule has 3 heteroatoms. The zero-order valence-corrected chi connectivity index (χ0v) is 9.10. The third-order valence-corrected chi connectivity index (χ3v) is 2.35. The van der Waals surface area contributed by atoms with Crippen LogP contribution in [0.3, 0.4) is 0 Å². The summed E-state index contributed by atoms with van der Waals surface area (Å²) in [6.07, 6.45) is 0.765. The van der Waals surface area contributed by atoms with Gasteiger partial charge in [0, 0.05) is 0 Å². The van der Waals surface area contributed by atoms with E-state index in [9.17, 15) is 0 Å². The van der Waals surface area contributed by atoms with E-state index in [-0.39, 0.29) is 6.04 Å². The van der Waals surface area contributed by atoms with Crippen LogP contribution in [0.4, 0.5) is 5.69 Å². The second-order valence-electron chi connectivity index (χ2n) is 3.22. The number of anilines is 1. The highest BCUT2D eigenvalue weighted by Gasteiger charge is 2.06. The molecule has 0 amide bonds. The average molecular weight is 209 g/mol. The molecule has 1 N–H and O–H groups in total. The van der Waals surface area contributed by atoms with E-state index >= 15 is 0 Å². The molecule has 1 unspecified atom stereocenters. The van der Waals surface area contributed by atoms with E-state index in [4.69, 9.17) is 16.9 Å². The lowest BCUT2D eigenvalue weighted by Crippen LogP contribution is -2.15. The fraction of sp³-hybridized carbons (Fsp3) is 0.364. The zero-order valence-electron chi connectivity index (χ0n) is 8.34. The lowest BCUT2D eigenvalue weighted by molar-refractivity contribution is 0.845. The van der Waals surface area contributed by atoms with Gasteiger partial charge in [0.1, 0.15) is 6.04 Å². The Hall–Kier alpha value is -1.20. The van der Waals surface area contributed by atoms with Crippen molar-refractivity contribution in [3.8, 4) is 6.07 Å². The van der Waals surface area contributed by atoms with Gasteiger partial charge >= 0.3 is 0 Å². The molecule has 1 aromatic carbocycles. The van der Waals surface area contributed by atoms with Gasteiger partial charge in [0.15, 0.2) is 0 Å². The summed E-state index contributed by atoms with van der Waals surface area (Å²) in [5.74, 6) is 0. The summed E-state index contributed by atoms with van der Waals surface area (Å²) in [5.41, 5.74) is 1.96. The second-order valence-corrected chi connectivity index (χ2v) is 3.62. The van der Waals surface area contributed by atoms with Crippen LogP contribution in [-0.2, 0) is 0 Å². The summed E-state index contributed by atoms with van der Waals surface area (Å²) in [5, 5.41) is 12.5. The molecule has 0 heterocycles. The molecule has 0 saturated heterocycles. The Morgan fingerprint density at radius 1 is 1.57 bits per heavy atom. The molecular weight excluding hydrogens is 196 g/mol. The summed E-state index contributed by atoms with van der Waals surface area (Å²) in [6.45, 7) is 3.96. The minimum Gasteiger partial charge on any atom is -0.369 e. The molecule has 0 aliphatic rings. The van der Waals surface area contributed by atoms with Crippen molar-refractivity contribution in [2.24, 2.45) is 0 Å². The third kappa shape index (κ3) is 2.65. The number of nitrogens with zero attached hydrogens (tertiary/aromatic N) is 1. The Bertz CT molecular complexity index is 355. The summed E-state index contributed by atoms with van der Waals surface area (Å²) in [4.78, 5) is 0. The van der Waals surface area contributed by atoms with Gasteiger partial charge < -0.3 is 5.32 Å². The Morgan fingerprint density at radius 3 is 2.86 bits per heavy atom. The third-order valence-electron chi connectivity index (χ3n) is 2.02. The molecule has 14 heavy (non-hydrogen) atoms. The molecule has 0 bridgehead atoms. The van der Waals surface area contributed by atoms with Crippen LogP contribution >= 0.6 is 11.6 Å². The molecule has 0 aromatic heterocycles. The van der Waals surface area contributed by atoms with Crippen molar-refractivity contribution in [3.63, 3.8) is 0 Å². The van der Waals surface area contributed by atoms with Gasteiger partial charge in [0.2, 0.25) is 0 Å². The zero-order chi connectivity index (χ0) is 10.6. The van der Waals surface area contributed by atoms with Gasteiger partial charge in [0.05, 0.1) is 16.8 Å². The molecule has 1 aromatic rings. The van der Waals surface area contributed by atoms with Crippen LogP contribution in [0.2, 0.25) is 5.02 Å². The van der Waals surface area contributed by atoms with Crippen molar-refractivity contribution < 1.29 is 0 Å². The number of rotatable bonds is 3. The molecular formula is C11H13ClN2. The highest BCUT2D eigenvalue weighted by atomic mass is 35.5. The summed E-state index contributed by atoms with van der Waals surface area (Å²) >= 11 is 5.98. The second kappa shape index (κ2) is 4.88. The van der Waals surface area contributed by atoms with Crippen molar-refractivity contribution in [2.75, 3.05) is 5.32 Å². The minimum absolute atomic E-state index is 0.172. The molecule has 0 radical (unpaired) electrons. The van der Waals surface area contributed by atoms with Crippen LogP contribution in [0.25, 0.3) is 0 Å². The Labute approximate surface area is 89.5 Å². The SMILES string of the molecule is CCC(C#N)Nc1cc(C)ccc1Cl. The Balaban J connectivity index is 2.86. The Morgan fingerprint density at radius 2 is 2.29 bits per heavy atom. The van der Waals surface area contributed by atoms with Crippen LogP contribution < -0.4 is 5.32 Å². The molecule has 0 fully saturated rings. The largest absolute Gasteiger partial charge is 0.369 e. The van der Waals surface area contributed by atoms with Crippen LogP contribution in [0.15, 0.2) is 18.2 Å². The first kappa shape index (κ1) is 10.9.